The van der Waals surface area contributed by atoms with Gasteiger partial charge in [0.2, 0.25) is 0 Å². The fourth-order valence-electron chi connectivity index (χ4n) is 2.90. The van der Waals surface area contributed by atoms with Crippen molar-refractivity contribution in [2.45, 2.75) is 44.1 Å². The van der Waals surface area contributed by atoms with E-state index in [9.17, 15) is 10.1 Å². The van der Waals surface area contributed by atoms with Gasteiger partial charge in [0.15, 0.2) is 0 Å². The molecule has 102 valence electrons. The van der Waals surface area contributed by atoms with Gasteiger partial charge in [-0.05, 0) is 30.9 Å². The molecule has 3 rings (SSSR count). The van der Waals surface area contributed by atoms with Crippen molar-refractivity contribution < 1.29 is 9.66 Å². The van der Waals surface area contributed by atoms with Gasteiger partial charge in [0.1, 0.15) is 0 Å². The zero-order chi connectivity index (χ0) is 13.4. The second-order valence-corrected chi connectivity index (χ2v) is 5.54. The van der Waals surface area contributed by atoms with Crippen molar-refractivity contribution in [3.05, 3.63) is 38.9 Å². The molecule has 2 heterocycles. The monoisotopic (exact) mass is 282 g/mol. The Morgan fingerprint density at radius 2 is 2.32 bits per heavy atom. The van der Waals surface area contributed by atoms with E-state index in [2.05, 4.69) is 5.32 Å². The van der Waals surface area contributed by atoms with E-state index in [0.29, 0.717) is 29.8 Å². The number of benzene rings is 1. The fourth-order valence-corrected chi connectivity index (χ4v) is 3.09. The molecule has 0 radical (unpaired) electrons. The first kappa shape index (κ1) is 12.8. The van der Waals surface area contributed by atoms with Crippen LogP contribution in [0.1, 0.15) is 24.8 Å². The molecule has 0 amide bonds. The van der Waals surface area contributed by atoms with Gasteiger partial charge in [-0.3, -0.25) is 10.1 Å². The van der Waals surface area contributed by atoms with Gasteiger partial charge in [0.05, 0.1) is 17.1 Å². The van der Waals surface area contributed by atoms with Crippen LogP contribution in [0, 0.1) is 10.1 Å². The Balaban J connectivity index is 1.66. The second kappa shape index (κ2) is 5.07. The molecule has 0 saturated carbocycles. The fraction of sp³-hybridized carbons (Fsp3) is 0.538. The lowest BCUT2D eigenvalue weighted by Crippen LogP contribution is -2.37. The number of nitro benzene ring substituents is 1. The van der Waals surface area contributed by atoms with Crippen LogP contribution in [-0.2, 0) is 11.3 Å². The van der Waals surface area contributed by atoms with Crippen LogP contribution < -0.4 is 5.32 Å². The lowest BCUT2D eigenvalue weighted by atomic mass is 9.95. The molecular weight excluding hydrogens is 268 g/mol. The molecule has 0 aliphatic carbocycles. The van der Waals surface area contributed by atoms with Crippen molar-refractivity contribution in [3.8, 4) is 0 Å². The number of halogens is 1. The van der Waals surface area contributed by atoms with Gasteiger partial charge in [0.25, 0.3) is 5.69 Å². The zero-order valence-electron chi connectivity index (χ0n) is 10.3. The van der Waals surface area contributed by atoms with Crippen molar-refractivity contribution in [1.29, 1.82) is 0 Å². The van der Waals surface area contributed by atoms with Crippen molar-refractivity contribution in [2.75, 3.05) is 0 Å². The molecule has 5 nitrogen and oxygen atoms in total. The number of non-ortho nitro benzene ring substituents is 1. The summed E-state index contributed by atoms with van der Waals surface area (Å²) < 4.78 is 5.76. The maximum Gasteiger partial charge on any atom is 0.269 e. The van der Waals surface area contributed by atoms with Gasteiger partial charge in [0, 0.05) is 29.7 Å². The predicted molar refractivity (Wildman–Crippen MR) is 71.2 cm³/mol. The van der Waals surface area contributed by atoms with Crippen LogP contribution in [0.15, 0.2) is 18.2 Å². The third-order valence-corrected chi connectivity index (χ3v) is 4.27. The summed E-state index contributed by atoms with van der Waals surface area (Å²) in [4.78, 5) is 10.3. The summed E-state index contributed by atoms with van der Waals surface area (Å²) in [5.41, 5.74) is 0.837. The summed E-state index contributed by atoms with van der Waals surface area (Å²) in [7, 11) is 0. The number of rotatable bonds is 4. The number of nitrogens with one attached hydrogen (secondary N) is 1. The molecule has 3 atom stereocenters. The number of nitrogens with zero attached hydrogens (tertiary/aromatic N) is 1. The van der Waals surface area contributed by atoms with Crippen molar-refractivity contribution in [1.82, 2.24) is 5.32 Å². The smallest absolute Gasteiger partial charge is 0.269 e. The van der Waals surface area contributed by atoms with Gasteiger partial charge in [-0.2, -0.15) is 0 Å². The first-order valence-corrected chi connectivity index (χ1v) is 6.83. The molecule has 19 heavy (non-hydrogen) atoms. The third kappa shape index (κ3) is 2.59. The first-order chi connectivity index (χ1) is 9.13. The largest absolute Gasteiger partial charge is 0.373 e. The Labute approximate surface area is 116 Å². The minimum absolute atomic E-state index is 0.0744. The highest BCUT2D eigenvalue weighted by Crippen LogP contribution is 2.34. The number of hydrogen-bond acceptors (Lipinski definition) is 4. The molecule has 1 aromatic rings. The van der Waals surface area contributed by atoms with E-state index in [4.69, 9.17) is 16.3 Å². The van der Waals surface area contributed by atoms with E-state index < -0.39 is 4.92 Å². The highest BCUT2D eigenvalue weighted by Gasteiger charge is 2.40. The Morgan fingerprint density at radius 3 is 2.95 bits per heavy atom. The summed E-state index contributed by atoms with van der Waals surface area (Å²) in [5.74, 6) is 0. The van der Waals surface area contributed by atoms with Gasteiger partial charge < -0.3 is 10.1 Å². The molecule has 1 aromatic carbocycles. The molecule has 2 bridgehead atoms. The molecule has 1 N–H and O–H groups in total. The van der Waals surface area contributed by atoms with E-state index in [1.54, 1.807) is 6.07 Å². The molecule has 2 aliphatic rings. The van der Waals surface area contributed by atoms with Crippen molar-refractivity contribution >= 4 is 17.3 Å². The van der Waals surface area contributed by atoms with Crippen LogP contribution in [0.25, 0.3) is 0 Å². The van der Waals surface area contributed by atoms with Crippen LogP contribution in [-0.4, -0.2) is 23.2 Å². The maximum atomic E-state index is 10.8. The SMILES string of the molecule is O=[N+]([O-])c1ccc(Cl)c(CNC2CC3CCC2O3)c1. The van der Waals surface area contributed by atoms with Gasteiger partial charge >= 0.3 is 0 Å². The summed E-state index contributed by atoms with van der Waals surface area (Å²) in [6.45, 7) is 0.539. The molecule has 0 aromatic heterocycles. The van der Waals surface area contributed by atoms with E-state index in [-0.39, 0.29) is 5.69 Å². The standard InChI is InChI=1S/C13H15ClN2O3/c14-11-3-1-9(16(17)18)5-8(11)7-15-12-6-10-2-4-13(12)19-10/h1,3,5,10,12-13,15H,2,4,6-7H2. The Kier molecular flexibility index (Phi) is 3.43. The van der Waals surface area contributed by atoms with Crippen molar-refractivity contribution in [2.24, 2.45) is 0 Å². The zero-order valence-corrected chi connectivity index (χ0v) is 11.1. The minimum atomic E-state index is -0.402. The van der Waals surface area contributed by atoms with E-state index in [1.807, 2.05) is 0 Å². The Bertz CT molecular complexity index is 509. The average Bonchev–Trinajstić information content (AvgIpc) is 2.99. The number of hydrogen-bond donors (Lipinski definition) is 1. The van der Waals surface area contributed by atoms with Gasteiger partial charge in [-0.25, -0.2) is 0 Å². The first-order valence-electron chi connectivity index (χ1n) is 6.45. The molecule has 0 spiro atoms. The van der Waals surface area contributed by atoms with Crippen LogP contribution in [0.3, 0.4) is 0 Å². The predicted octanol–water partition coefficient (Wildman–Crippen LogP) is 2.66. The van der Waals surface area contributed by atoms with E-state index in [0.717, 1.165) is 24.8 Å². The van der Waals surface area contributed by atoms with Crippen LogP contribution in [0.2, 0.25) is 5.02 Å². The quantitative estimate of drug-likeness (QED) is 0.681. The van der Waals surface area contributed by atoms with Gasteiger partial charge in [-0.15, -0.1) is 0 Å². The Hall–Kier alpha value is -1.17. The summed E-state index contributed by atoms with van der Waals surface area (Å²) in [6, 6.07) is 4.87. The van der Waals surface area contributed by atoms with E-state index >= 15 is 0 Å². The lowest BCUT2D eigenvalue weighted by molar-refractivity contribution is -0.384. The highest BCUT2D eigenvalue weighted by molar-refractivity contribution is 6.31. The second-order valence-electron chi connectivity index (χ2n) is 5.13. The minimum Gasteiger partial charge on any atom is -0.373 e. The third-order valence-electron chi connectivity index (χ3n) is 3.90. The molecular formula is C13H15ClN2O3. The summed E-state index contributed by atoms with van der Waals surface area (Å²) >= 11 is 6.07. The molecule has 6 heteroatoms. The number of ether oxygens (including phenoxy) is 1. The topological polar surface area (TPSA) is 64.4 Å². The highest BCUT2D eigenvalue weighted by atomic mass is 35.5. The molecule has 2 aliphatic heterocycles. The Morgan fingerprint density at radius 1 is 1.47 bits per heavy atom. The number of nitro groups is 1. The lowest BCUT2D eigenvalue weighted by Gasteiger charge is -2.20. The summed E-state index contributed by atoms with van der Waals surface area (Å²) in [5, 5.41) is 14.7. The number of fused-ring (bicyclic) bond motifs is 2. The molecule has 2 saturated heterocycles. The van der Waals surface area contributed by atoms with Crippen LogP contribution in [0.4, 0.5) is 5.69 Å². The molecule has 2 fully saturated rings. The van der Waals surface area contributed by atoms with E-state index in [1.165, 1.54) is 12.1 Å². The van der Waals surface area contributed by atoms with Crippen LogP contribution >= 0.6 is 11.6 Å². The van der Waals surface area contributed by atoms with Crippen LogP contribution in [0.5, 0.6) is 0 Å². The summed E-state index contributed by atoms with van der Waals surface area (Å²) in [6.07, 6.45) is 3.97. The van der Waals surface area contributed by atoms with Gasteiger partial charge in [-0.1, -0.05) is 11.6 Å². The normalized spacial score (nSPS) is 28.8. The molecule has 3 unspecified atom stereocenters. The maximum absolute atomic E-state index is 10.8. The average molecular weight is 283 g/mol. The van der Waals surface area contributed by atoms with Crippen molar-refractivity contribution in [3.63, 3.8) is 0 Å².